The third kappa shape index (κ3) is 4.18. The SMILES string of the molecule is CCCN(C(=O)OC)c1c(C(=O)C(O)c2ccccc2)ccc(Cl)c1Cl. The standard InChI is InChI=1S/C19H19Cl2NO4/c1-3-11-22(19(25)26-2)16-13(9-10-14(20)15(16)21)18(24)17(23)12-7-5-4-6-8-12/h4-10,17,23H,3,11H2,1-2H3. The lowest BCUT2D eigenvalue weighted by Crippen LogP contribution is -2.33. The number of halogens is 2. The van der Waals surface area contributed by atoms with Gasteiger partial charge in [0.25, 0.3) is 0 Å². The Labute approximate surface area is 162 Å². The van der Waals surface area contributed by atoms with Crippen LogP contribution in [0.5, 0.6) is 0 Å². The molecule has 0 aromatic heterocycles. The third-order valence-corrected chi connectivity index (χ3v) is 4.60. The summed E-state index contributed by atoms with van der Waals surface area (Å²) in [7, 11) is 1.24. The third-order valence-electron chi connectivity index (χ3n) is 3.81. The molecule has 5 nitrogen and oxygen atoms in total. The molecule has 0 radical (unpaired) electrons. The molecule has 0 aliphatic rings. The number of hydrogen-bond acceptors (Lipinski definition) is 4. The topological polar surface area (TPSA) is 66.8 Å². The average Bonchev–Trinajstić information content (AvgIpc) is 2.67. The molecule has 1 unspecified atom stereocenters. The van der Waals surface area contributed by atoms with E-state index in [1.807, 2.05) is 6.92 Å². The summed E-state index contributed by atoms with van der Waals surface area (Å²) in [6.45, 7) is 2.14. The Morgan fingerprint density at radius 3 is 2.38 bits per heavy atom. The second-order valence-corrected chi connectivity index (χ2v) is 6.34. The molecule has 0 aliphatic heterocycles. The van der Waals surface area contributed by atoms with Gasteiger partial charge < -0.3 is 9.84 Å². The normalized spacial score (nSPS) is 11.7. The van der Waals surface area contributed by atoms with Crippen LogP contribution in [0.15, 0.2) is 42.5 Å². The van der Waals surface area contributed by atoms with E-state index in [1.165, 1.54) is 24.1 Å². The molecule has 7 heteroatoms. The molecule has 2 rings (SSSR count). The molecule has 1 amide bonds. The Kier molecular flexibility index (Phi) is 7.03. The van der Waals surface area contributed by atoms with Gasteiger partial charge in [0.05, 0.1) is 22.8 Å². The van der Waals surface area contributed by atoms with Gasteiger partial charge in [-0.1, -0.05) is 60.5 Å². The van der Waals surface area contributed by atoms with Crippen molar-refractivity contribution in [1.29, 1.82) is 0 Å². The molecular weight excluding hydrogens is 377 g/mol. The first kappa shape index (κ1) is 20.2. The molecule has 1 N–H and O–H groups in total. The van der Waals surface area contributed by atoms with E-state index in [2.05, 4.69) is 0 Å². The van der Waals surface area contributed by atoms with Crippen LogP contribution in [0.4, 0.5) is 10.5 Å². The highest BCUT2D eigenvalue weighted by atomic mass is 35.5. The fourth-order valence-corrected chi connectivity index (χ4v) is 2.98. The number of aliphatic hydroxyl groups is 1. The van der Waals surface area contributed by atoms with Gasteiger partial charge in [-0.05, 0) is 24.1 Å². The van der Waals surface area contributed by atoms with Crippen LogP contribution in [-0.2, 0) is 4.74 Å². The summed E-state index contributed by atoms with van der Waals surface area (Å²) in [6, 6.07) is 11.4. The first-order valence-electron chi connectivity index (χ1n) is 8.03. The van der Waals surface area contributed by atoms with Crippen molar-refractivity contribution in [3.8, 4) is 0 Å². The summed E-state index contributed by atoms with van der Waals surface area (Å²) >= 11 is 12.4. The Morgan fingerprint density at radius 1 is 1.15 bits per heavy atom. The van der Waals surface area contributed by atoms with E-state index < -0.39 is 18.0 Å². The predicted octanol–water partition coefficient (Wildman–Crippen LogP) is 4.89. The minimum absolute atomic E-state index is 0.0524. The number of Topliss-reactive ketones (excluding diaryl/α,β-unsaturated/α-hetero) is 1. The smallest absolute Gasteiger partial charge is 0.414 e. The molecule has 138 valence electrons. The maximum atomic E-state index is 12.9. The maximum absolute atomic E-state index is 12.9. The number of nitrogens with zero attached hydrogens (tertiary/aromatic N) is 1. The van der Waals surface area contributed by atoms with Gasteiger partial charge in [-0.2, -0.15) is 0 Å². The van der Waals surface area contributed by atoms with Crippen molar-refractivity contribution in [3.63, 3.8) is 0 Å². The van der Waals surface area contributed by atoms with Crippen LogP contribution < -0.4 is 4.90 Å². The van der Waals surface area contributed by atoms with E-state index in [1.54, 1.807) is 30.3 Å². The van der Waals surface area contributed by atoms with Crippen LogP contribution in [0.1, 0.15) is 35.4 Å². The number of carbonyl (C=O) groups excluding carboxylic acids is 2. The summed E-state index contributed by atoms with van der Waals surface area (Å²) in [5, 5.41) is 10.7. The lowest BCUT2D eigenvalue weighted by Gasteiger charge is -2.25. The van der Waals surface area contributed by atoms with E-state index >= 15 is 0 Å². The number of hydrogen-bond donors (Lipinski definition) is 1. The molecule has 0 aliphatic carbocycles. The van der Waals surface area contributed by atoms with Gasteiger partial charge in [-0.15, -0.1) is 0 Å². The number of ketones is 1. The fraction of sp³-hybridized carbons (Fsp3) is 0.263. The first-order chi connectivity index (χ1) is 12.4. The lowest BCUT2D eigenvalue weighted by molar-refractivity contribution is 0.0748. The number of aliphatic hydroxyl groups excluding tert-OH is 1. The van der Waals surface area contributed by atoms with Crippen LogP contribution in [-0.4, -0.2) is 30.6 Å². The van der Waals surface area contributed by atoms with E-state index in [4.69, 9.17) is 27.9 Å². The van der Waals surface area contributed by atoms with Crippen molar-refractivity contribution in [2.45, 2.75) is 19.4 Å². The van der Waals surface area contributed by atoms with Gasteiger partial charge in [-0.3, -0.25) is 9.69 Å². The van der Waals surface area contributed by atoms with Crippen molar-refractivity contribution >= 4 is 40.8 Å². The van der Waals surface area contributed by atoms with E-state index in [9.17, 15) is 14.7 Å². The van der Waals surface area contributed by atoms with Gasteiger partial charge in [0.1, 0.15) is 6.10 Å². The van der Waals surface area contributed by atoms with Crippen molar-refractivity contribution in [3.05, 3.63) is 63.6 Å². The summed E-state index contributed by atoms with van der Waals surface area (Å²) in [6.07, 6.45) is -1.46. The maximum Gasteiger partial charge on any atom is 0.414 e. The van der Waals surface area contributed by atoms with Crippen LogP contribution in [0, 0.1) is 0 Å². The predicted molar refractivity (Wildman–Crippen MR) is 102 cm³/mol. The number of anilines is 1. The highest BCUT2D eigenvalue weighted by molar-refractivity contribution is 6.44. The van der Waals surface area contributed by atoms with Crippen LogP contribution in [0.2, 0.25) is 10.0 Å². The van der Waals surface area contributed by atoms with E-state index in [0.29, 0.717) is 12.0 Å². The molecule has 0 saturated carbocycles. The molecule has 1 atom stereocenters. The number of rotatable bonds is 6. The van der Waals surface area contributed by atoms with Crippen molar-refractivity contribution in [2.75, 3.05) is 18.6 Å². The zero-order valence-electron chi connectivity index (χ0n) is 14.4. The molecule has 0 fully saturated rings. The van der Waals surface area contributed by atoms with Gasteiger partial charge in [0.2, 0.25) is 0 Å². The minimum Gasteiger partial charge on any atom is -0.452 e. The fourth-order valence-electron chi connectivity index (χ4n) is 2.56. The Hall–Kier alpha value is -2.08. The molecular formula is C19H19Cl2NO4. The number of methoxy groups -OCH3 is 1. The molecule has 0 saturated heterocycles. The Bertz CT molecular complexity index is 796. The van der Waals surface area contributed by atoms with Crippen LogP contribution >= 0.6 is 23.2 Å². The van der Waals surface area contributed by atoms with Gasteiger partial charge in [-0.25, -0.2) is 4.79 Å². The first-order valence-corrected chi connectivity index (χ1v) is 8.78. The monoisotopic (exact) mass is 395 g/mol. The molecule has 0 bridgehead atoms. The molecule has 2 aromatic carbocycles. The summed E-state index contributed by atoms with van der Waals surface area (Å²) in [5.41, 5.74) is 0.664. The second kappa shape index (κ2) is 9.03. The zero-order chi connectivity index (χ0) is 19.3. The highest BCUT2D eigenvalue weighted by Gasteiger charge is 2.29. The van der Waals surface area contributed by atoms with Crippen molar-refractivity contribution in [2.24, 2.45) is 0 Å². The van der Waals surface area contributed by atoms with Crippen molar-refractivity contribution in [1.82, 2.24) is 0 Å². The second-order valence-electron chi connectivity index (χ2n) is 5.56. The number of carbonyl (C=O) groups is 2. The van der Waals surface area contributed by atoms with E-state index in [0.717, 1.165) is 0 Å². The quantitative estimate of drug-likeness (QED) is 0.706. The van der Waals surface area contributed by atoms with Gasteiger partial charge in [0, 0.05) is 12.1 Å². The molecule has 2 aromatic rings. The zero-order valence-corrected chi connectivity index (χ0v) is 15.9. The summed E-state index contributed by atoms with van der Waals surface area (Å²) < 4.78 is 4.81. The summed E-state index contributed by atoms with van der Waals surface area (Å²) in [5.74, 6) is -0.588. The molecule has 0 heterocycles. The highest BCUT2D eigenvalue weighted by Crippen LogP contribution is 2.38. The van der Waals surface area contributed by atoms with Crippen molar-refractivity contribution < 1.29 is 19.4 Å². The minimum atomic E-state index is -1.40. The number of amides is 1. The lowest BCUT2D eigenvalue weighted by atomic mass is 9.98. The molecule has 26 heavy (non-hydrogen) atoms. The van der Waals surface area contributed by atoms with Crippen LogP contribution in [0.25, 0.3) is 0 Å². The van der Waals surface area contributed by atoms with Gasteiger partial charge in [0.15, 0.2) is 5.78 Å². The largest absolute Gasteiger partial charge is 0.452 e. The summed E-state index contributed by atoms with van der Waals surface area (Å²) in [4.78, 5) is 26.4. The van der Waals surface area contributed by atoms with E-state index in [-0.39, 0.29) is 27.8 Å². The number of benzene rings is 2. The molecule has 0 spiro atoms. The Balaban J connectivity index is 2.56. The van der Waals surface area contributed by atoms with Gasteiger partial charge >= 0.3 is 6.09 Å². The van der Waals surface area contributed by atoms with Crippen LogP contribution in [0.3, 0.4) is 0 Å². The Morgan fingerprint density at radius 2 is 1.81 bits per heavy atom. The number of ether oxygens (including phenoxy) is 1. The average molecular weight is 396 g/mol.